The molecule has 4 aromatic rings. The first kappa shape index (κ1) is 20.3. The van der Waals surface area contributed by atoms with Crippen LogP contribution in [0.15, 0.2) is 42.7 Å². The summed E-state index contributed by atoms with van der Waals surface area (Å²) in [7, 11) is 0. The number of aromatic nitrogens is 4. The fraction of sp³-hybridized carbons (Fsp3) is 0.375. The minimum atomic E-state index is 0.490. The van der Waals surface area contributed by atoms with Gasteiger partial charge in [-0.2, -0.15) is 0 Å². The number of nitrogen functional groups attached to an aromatic ring is 1. The average molecular weight is 403 g/mol. The smallest absolute Gasteiger partial charge is 0.152 e. The largest absolute Gasteiger partial charge is 0.382 e. The molecule has 0 radical (unpaired) electrons. The second-order valence-electron chi connectivity index (χ2n) is 7.91. The summed E-state index contributed by atoms with van der Waals surface area (Å²) in [5.74, 6) is 2.09. The van der Waals surface area contributed by atoms with Crippen LogP contribution in [0.2, 0.25) is 0 Å². The summed E-state index contributed by atoms with van der Waals surface area (Å²) in [6.07, 6.45) is 7.70. The van der Waals surface area contributed by atoms with Gasteiger partial charge in [-0.15, -0.1) is 0 Å². The number of nitrogens with two attached hydrogens (primary N) is 2. The number of nitrogens with zero attached hydrogens (tertiary/aromatic N) is 4. The predicted octanol–water partition coefficient (Wildman–Crippen LogP) is 4.56. The third kappa shape index (κ3) is 3.75. The predicted molar refractivity (Wildman–Crippen MR) is 124 cm³/mol. The molecule has 0 saturated heterocycles. The SMILES string of the molecule is CCCc1nc2c(N)nc3cc(-c4cccnc4)ccc3c2n1CC(CC)CCN. The van der Waals surface area contributed by atoms with E-state index in [0.717, 1.165) is 71.1 Å². The number of anilines is 1. The van der Waals surface area contributed by atoms with Crippen molar-refractivity contribution in [2.75, 3.05) is 12.3 Å². The van der Waals surface area contributed by atoms with Crippen molar-refractivity contribution in [1.29, 1.82) is 0 Å². The summed E-state index contributed by atoms with van der Waals surface area (Å²) in [6.45, 7) is 6.02. The van der Waals surface area contributed by atoms with Crippen LogP contribution in [-0.2, 0) is 13.0 Å². The monoisotopic (exact) mass is 402 g/mol. The van der Waals surface area contributed by atoms with Crippen LogP contribution < -0.4 is 11.5 Å². The third-order valence-electron chi connectivity index (χ3n) is 5.84. The Morgan fingerprint density at radius 2 is 1.97 bits per heavy atom. The minimum absolute atomic E-state index is 0.490. The van der Waals surface area contributed by atoms with Gasteiger partial charge in [-0.25, -0.2) is 9.97 Å². The van der Waals surface area contributed by atoms with Crippen molar-refractivity contribution in [3.05, 3.63) is 48.5 Å². The molecular weight excluding hydrogens is 372 g/mol. The first-order valence-electron chi connectivity index (χ1n) is 10.8. The number of imidazole rings is 1. The lowest BCUT2D eigenvalue weighted by atomic mass is 10.0. The van der Waals surface area contributed by atoms with E-state index in [0.29, 0.717) is 18.3 Å². The van der Waals surface area contributed by atoms with Gasteiger partial charge in [0.25, 0.3) is 0 Å². The summed E-state index contributed by atoms with van der Waals surface area (Å²) >= 11 is 0. The zero-order valence-corrected chi connectivity index (χ0v) is 17.8. The van der Waals surface area contributed by atoms with Gasteiger partial charge in [-0.3, -0.25) is 4.98 Å². The second kappa shape index (κ2) is 8.79. The Kier molecular flexibility index (Phi) is 5.95. The highest BCUT2D eigenvalue weighted by molar-refractivity contribution is 6.07. The van der Waals surface area contributed by atoms with Gasteiger partial charge in [0.2, 0.25) is 0 Å². The van der Waals surface area contributed by atoms with Crippen molar-refractivity contribution in [2.45, 2.75) is 46.1 Å². The molecule has 0 saturated carbocycles. The van der Waals surface area contributed by atoms with E-state index in [1.807, 2.05) is 12.3 Å². The van der Waals surface area contributed by atoms with E-state index in [4.69, 9.17) is 21.4 Å². The van der Waals surface area contributed by atoms with E-state index in [9.17, 15) is 0 Å². The summed E-state index contributed by atoms with van der Waals surface area (Å²) in [5.41, 5.74) is 17.2. The maximum atomic E-state index is 6.39. The zero-order chi connectivity index (χ0) is 21.1. The maximum Gasteiger partial charge on any atom is 0.152 e. The maximum absolute atomic E-state index is 6.39. The lowest BCUT2D eigenvalue weighted by Gasteiger charge is -2.18. The molecule has 3 aromatic heterocycles. The van der Waals surface area contributed by atoms with Gasteiger partial charge in [-0.05, 0) is 43.0 Å². The van der Waals surface area contributed by atoms with Gasteiger partial charge in [0.15, 0.2) is 5.82 Å². The van der Waals surface area contributed by atoms with E-state index in [1.54, 1.807) is 6.20 Å². The minimum Gasteiger partial charge on any atom is -0.382 e. The van der Waals surface area contributed by atoms with Gasteiger partial charge >= 0.3 is 0 Å². The van der Waals surface area contributed by atoms with Crippen LogP contribution in [0.5, 0.6) is 0 Å². The Hall–Kier alpha value is -2.99. The third-order valence-corrected chi connectivity index (χ3v) is 5.84. The molecule has 0 aliphatic carbocycles. The van der Waals surface area contributed by atoms with Gasteiger partial charge in [0.1, 0.15) is 11.3 Å². The second-order valence-corrected chi connectivity index (χ2v) is 7.91. The van der Waals surface area contributed by atoms with Crippen molar-refractivity contribution in [3.8, 4) is 11.1 Å². The highest BCUT2D eigenvalue weighted by Gasteiger charge is 2.19. The molecular formula is C24H30N6. The zero-order valence-electron chi connectivity index (χ0n) is 17.8. The fourth-order valence-corrected chi connectivity index (χ4v) is 4.20. The Labute approximate surface area is 177 Å². The van der Waals surface area contributed by atoms with Crippen molar-refractivity contribution in [2.24, 2.45) is 11.7 Å². The normalized spacial score (nSPS) is 12.6. The van der Waals surface area contributed by atoms with Crippen LogP contribution in [0, 0.1) is 5.92 Å². The van der Waals surface area contributed by atoms with Gasteiger partial charge in [-0.1, -0.05) is 38.5 Å². The van der Waals surface area contributed by atoms with Crippen LogP contribution in [0.4, 0.5) is 5.82 Å². The van der Waals surface area contributed by atoms with Gasteiger partial charge in [0, 0.05) is 36.3 Å². The Morgan fingerprint density at radius 1 is 1.10 bits per heavy atom. The summed E-state index contributed by atoms with van der Waals surface area (Å²) in [5, 5.41) is 1.09. The summed E-state index contributed by atoms with van der Waals surface area (Å²) in [6, 6.07) is 10.4. The van der Waals surface area contributed by atoms with Gasteiger partial charge < -0.3 is 16.0 Å². The molecule has 3 heterocycles. The van der Waals surface area contributed by atoms with Crippen molar-refractivity contribution in [1.82, 2.24) is 19.5 Å². The number of hydrogen-bond acceptors (Lipinski definition) is 5. The topological polar surface area (TPSA) is 95.6 Å². The summed E-state index contributed by atoms with van der Waals surface area (Å²) in [4.78, 5) is 13.9. The van der Waals surface area contributed by atoms with Crippen LogP contribution in [-0.4, -0.2) is 26.1 Å². The molecule has 1 unspecified atom stereocenters. The molecule has 0 aliphatic heterocycles. The number of fused-ring (bicyclic) bond motifs is 3. The van der Waals surface area contributed by atoms with Crippen molar-refractivity contribution < 1.29 is 0 Å². The molecule has 0 fully saturated rings. The molecule has 0 spiro atoms. The molecule has 0 aliphatic rings. The molecule has 0 amide bonds. The molecule has 1 aromatic carbocycles. The lowest BCUT2D eigenvalue weighted by molar-refractivity contribution is 0.406. The van der Waals surface area contributed by atoms with E-state index in [1.165, 1.54) is 0 Å². The molecule has 30 heavy (non-hydrogen) atoms. The van der Waals surface area contributed by atoms with E-state index in [2.05, 4.69) is 47.7 Å². The van der Waals surface area contributed by atoms with Crippen molar-refractivity contribution >= 4 is 27.8 Å². The Balaban J connectivity index is 1.92. The quantitative estimate of drug-likeness (QED) is 0.450. The highest BCUT2D eigenvalue weighted by Crippen LogP contribution is 2.32. The Morgan fingerprint density at radius 3 is 2.67 bits per heavy atom. The van der Waals surface area contributed by atoms with E-state index < -0.39 is 0 Å². The fourth-order valence-electron chi connectivity index (χ4n) is 4.20. The molecule has 4 rings (SSSR count). The van der Waals surface area contributed by atoms with E-state index in [-0.39, 0.29) is 0 Å². The molecule has 0 bridgehead atoms. The van der Waals surface area contributed by atoms with Crippen LogP contribution in [0.3, 0.4) is 0 Å². The number of rotatable bonds is 8. The van der Waals surface area contributed by atoms with Crippen LogP contribution in [0.1, 0.15) is 38.9 Å². The number of benzene rings is 1. The standard InChI is InChI=1S/C24H30N6/c1-3-6-21-29-22-23(30(21)15-16(4-2)10-11-25)19-9-8-17(13-20(19)28-24(22)26)18-7-5-12-27-14-18/h5,7-9,12-14,16H,3-4,6,10-11,15,25H2,1-2H3,(H2,26,28). The van der Waals surface area contributed by atoms with Crippen LogP contribution >= 0.6 is 0 Å². The number of aryl methyl sites for hydroxylation is 1. The lowest BCUT2D eigenvalue weighted by Crippen LogP contribution is -2.16. The first-order chi connectivity index (χ1) is 14.7. The molecule has 6 nitrogen and oxygen atoms in total. The van der Waals surface area contributed by atoms with E-state index >= 15 is 0 Å². The molecule has 6 heteroatoms. The van der Waals surface area contributed by atoms with Crippen LogP contribution in [0.25, 0.3) is 33.1 Å². The number of hydrogen-bond donors (Lipinski definition) is 2. The van der Waals surface area contributed by atoms with Gasteiger partial charge in [0.05, 0.1) is 11.0 Å². The molecule has 4 N–H and O–H groups in total. The van der Waals surface area contributed by atoms with Crippen molar-refractivity contribution in [3.63, 3.8) is 0 Å². The summed E-state index contributed by atoms with van der Waals surface area (Å²) < 4.78 is 2.37. The Bertz CT molecular complexity index is 1150. The molecule has 1 atom stereocenters. The number of pyridine rings is 2. The first-order valence-corrected chi connectivity index (χ1v) is 10.8. The molecule has 156 valence electrons. The highest BCUT2D eigenvalue weighted by atomic mass is 15.1. The average Bonchev–Trinajstić information content (AvgIpc) is 3.13.